The molecule has 0 bridgehead atoms. The van der Waals surface area contributed by atoms with Crippen molar-refractivity contribution >= 4 is 23.8 Å². The monoisotopic (exact) mass is 302 g/mol. The first-order valence-corrected chi connectivity index (χ1v) is 6.83. The van der Waals surface area contributed by atoms with E-state index in [0.29, 0.717) is 16.3 Å². The molecule has 6 heteroatoms. The highest BCUT2D eigenvalue weighted by Crippen LogP contribution is 2.18. The molecule has 0 aliphatic carbocycles. The minimum absolute atomic E-state index is 0.573. The SMILES string of the molecule is S=c1[nH]nc(-c2cccnc2)n1Cc1cccc(Cl)c1. The fourth-order valence-electron chi connectivity index (χ4n) is 2.00. The molecule has 100 valence electrons. The molecule has 0 fully saturated rings. The van der Waals surface area contributed by atoms with E-state index < -0.39 is 0 Å². The molecule has 0 saturated carbocycles. The summed E-state index contributed by atoms with van der Waals surface area (Å²) in [6, 6.07) is 11.5. The molecular weight excluding hydrogens is 292 g/mol. The lowest BCUT2D eigenvalue weighted by atomic mass is 10.2. The summed E-state index contributed by atoms with van der Waals surface area (Å²) in [4.78, 5) is 4.11. The van der Waals surface area contributed by atoms with Crippen LogP contribution in [0.25, 0.3) is 11.4 Å². The first kappa shape index (κ1) is 13.0. The van der Waals surface area contributed by atoms with Gasteiger partial charge in [-0.2, -0.15) is 5.10 Å². The molecule has 1 aromatic carbocycles. The first-order chi connectivity index (χ1) is 9.74. The molecule has 0 atom stereocenters. The predicted molar refractivity (Wildman–Crippen MR) is 81.2 cm³/mol. The zero-order chi connectivity index (χ0) is 13.9. The van der Waals surface area contributed by atoms with Crippen LogP contribution in [0.2, 0.25) is 5.02 Å². The molecular formula is C14H11ClN4S. The Kier molecular flexibility index (Phi) is 3.62. The molecule has 2 heterocycles. The normalized spacial score (nSPS) is 10.7. The molecule has 4 nitrogen and oxygen atoms in total. The van der Waals surface area contributed by atoms with Gasteiger partial charge in [0, 0.05) is 23.0 Å². The van der Waals surface area contributed by atoms with Gasteiger partial charge in [-0.15, -0.1) is 0 Å². The van der Waals surface area contributed by atoms with Crippen LogP contribution in [0.15, 0.2) is 48.8 Å². The molecule has 0 aliphatic rings. The van der Waals surface area contributed by atoms with Gasteiger partial charge in [0.05, 0.1) is 6.54 Å². The summed E-state index contributed by atoms with van der Waals surface area (Å²) >= 11 is 11.3. The van der Waals surface area contributed by atoms with Crippen molar-refractivity contribution in [3.05, 3.63) is 64.1 Å². The number of aromatic amines is 1. The van der Waals surface area contributed by atoms with Gasteiger partial charge in [-0.25, -0.2) is 0 Å². The van der Waals surface area contributed by atoms with E-state index in [-0.39, 0.29) is 0 Å². The lowest BCUT2D eigenvalue weighted by molar-refractivity contribution is 0.790. The molecule has 0 spiro atoms. The van der Waals surface area contributed by atoms with Gasteiger partial charge in [0.1, 0.15) is 0 Å². The van der Waals surface area contributed by atoms with E-state index in [1.54, 1.807) is 12.4 Å². The van der Waals surface area contributed by atoms with E-state index in [4.69, 9.17) is 23.8 Å². The Morgan fingerprint density at radius 1 is 1.25 bits per heavy atom. The number of H-pyrrole nitrogens is 1. The Balaban J connectivity index is 2.02. The number of hydrogen-bond donors (Lipinski definition) is 1. The quantitative estimate of drug-likeness (QED) is 0.750. The standard InChI is InChI=1S/C14H11ClN4S/c15-12-5-1-3-10(7-12)9-19-13(17-18-14(19)20)11-4-2-6-16-8-11/h1-8H,9H2,(H,18,20). The van der Waals surface area contributed by atoms with Gasteiger partial charge < -0.3 is 0 Å². The molecule has 1 N–H and O–H groups in total. The van der Waals surface area contributed by atoms with Crippen LogP contribution in [0.1, 0.15) is 5.56 Å². The number of rotatable bonds is 3. The van der Waals surface area contributed by atoms with Crippen molar-refractivity contribution in [2.45, 2.75) is 6.54 Å². The van der Waals surface area contributed by atoms with Crippen molar-refractivity contribution in [3.63, 3.8) is 0 Å². The van der Waals surface area contributed by atoms with Gasteiger partial charge in [0.25, 0.3) is 0 Å². The highest BCUT2D eigenvalue weighted by Gasteiger charge is 2.09. The topological polar surface area (TPSA) is 46.5 Å². The van der Waals surface area contributed by atoms with Gasteiger partial charge in [0.2, 0.25) is 0 Å². The fraction of sp³-hybridized carbons (Fsp3) is 0.0714. The van der Waals surface area contributed by atoms with Gasteiger partial charge in [-0.05, 0) is 42.0 Å². The van der Waals surface area contributed by atoms with Gasteiger partial charge in [-0.1, -0.05) is 23.7 Å². The maximum atomic E-state index is 6.01. The third kappa shape index (κ3) is 2.64. The van der Waals surface area contributed by atoms with Crippen LogP contribution in [0, 0.1) is 4.77 Å². The number of nitrogens with zero attached hydrogens (tertiary/aromatic N) is 3. The van der Waals surface area contributed by atoms with Crippen LogP contribution in [-0.4, -0.2) is 19.7 Å². The van der Waals surface area contributed by atoms with Crippen molar-refractivity contribution in [1.29, 1.82) is 0 Å². The zero-order valence-corrected chi connectivity index (χ0v) is 12.0. The van der Waals surface area contributed by atoms with Crippen LogP contribution in [0.3, 0.4) is 0 Å². The Morgan fingerprint density at radius 3 is 2.90 bits per heavy atom. The molecule has 0 radical (unpaired) electrons. The lowest BCUT2D eigenvalue weighted by Gasteiger charge is -2.07. The molecule has 3 aromatic rings. The van der Waals surface area contributed by atoms with Gasteiger partial charge in [-0.3, -0.25) is 14.6 Å². The Morgan fingerprint density at radius 2 is 2.15 bits per heavy atom. The van der Waals surface area contributed by atoms with Crippen molar-refractivity contribution in [3.8, 4) is 11.4 Å². The van der Waals surface area contributed by atoms with Crippen molar-refractivity contribution < 1.29 is 0 Å². The van der Waals surface area contributed by atoms with Crippen molar-refractivity contribution in [2.75, 3.05) is 0 Å². The maximum Gasteiger partial charge on any atom is 0.195 e. The van der Waals surface area contributed by atoms with Crippen LogP contribution >= 0.6 is 23.8 Å². The summed E-state index contributed by atoms with van der Waals surface area (Å²) < 4.78 is 2.50. The lowest BCUT2D eigenvalue weighted by Crippen LogP contribution is -2.02. The first-order valence-electron chi connectivity index (χ1n) is 6.04. The Labute approximate surface area is 126 Å². The number of nitrogens with one attached hydrogen (secondary N) is 1. The number of halogens is 1. The van der Waals surface area contributed by atoms with Crippen LogP contribution in [0.4, 0.5) is 0 Å². The number of benzene rings is 1. The highest BCUT2D eigenvalue weighted by atomic mass is 35.5. The van der Waals surface area contributed by atoms with E-state index >= 15 is 0 Å². The van der Waals surface area contributed by atoms with Gasteiger partial charge >= 0.3 is 0 Å². The molecule has 0 saturated heterocycles. The fourth-order valence-corrected chi connectivity index (χ4v) is 2.41. The van der Waals surface area contributed by atoms with Crippen molar-refractivity contribution in [2.24, 2.45) is 0 Å². The second-order valence-corrected chi connectivity index (χ2v) is 5.13. The van der Waals surface area contributed by atoms with Crippen LogP contribution in [0.5, 0.6) is 0 Å². The zero-order valence-electron chi connectivity index (χ0n) is 10.5. The second-order valence-electron chi connectivity index (χ2n) is 4.31. The van der Waals surface area contributed by atoms with Crippen LogP contribution < -0.4 is 0 Å². The van der Waals surface area contributed by atoms with E-state index in [1.807, 2.05) is 41.0 Å². The summed E-state index contributed by atoms with van der Waals surface area (Å²) in [5.41, 5.74) is 1.99. The summed E-state index contributed by atoms with van der Waals surface area (Å²) in [6.07, 6.45) is 3.49. The summed E-state index contributed by atoms with van der Waals surface area (Å²) in [7, 11) is 0. The number of pyridine rings is 1. The molecule has 0 unspecified atom stereocenters. The summed E-state index contributed by atoms with van der Waals surface area (Å²) in [6.45, 7) is 0.611. The average Bonchev–Trinajstić information content (AvgIpc) is 2.81. The summed E-state index contributed by atoms with van der Waals surface area (Å²) in [5.74, 6) is 0.767. The molecule has 2 aromatic heterocycles. The predicted octanol–water partition coefficient (Wildman–Crippen LogP) is 3.70. The minimum Gasteiger partial charge on any atom is -0.296 e. The van der Waals surface area contributed by atoms with E-state index in [1.165, 1.54) is 0 Å². The molecule has 20 heavy (non-hydrogen) atoms. The second kappa shape index (κ2) is 5.56. The Bertz CT molecular complexity index is 779. The maximum absolute atomic E-state index is 6.01. The van der Waals surface area contributed by atoms with Gasteiger partial charge in [0.15, 0.2) is 10.6 Å². The van der Waals surface area contributed by atoms with E-state index in [0.717, 1.165) is 17.0 Å². The molecule has 0 aliphatic heterocycles. The van der Waals surface area contributed by atoms with Crippen molar-refractivity contribution in [1.82, 2.24) is 19.7 Å². The third-order valence-electron chi connectivity index (χ3n) is 2.91. The van der Waals surface area contributed by atoms with E-state index in [2.05, 4.69) is 15.2 Å². The smallest absolute Gasteiger partial charge is 0.195 e. The average molecular weight is 303 g/mol. The number of aromatic nitrogens is 4. The third-order valence-corrected chi connectivity index (χ3v) is 3.45. The largest absolute Gasteiger partial charge is 0.296 e. The Hall–Kier alpha value is -1.98. The molecule has 3 rings (SSSR count). The number of hydrogen-bond acceptors (Lipinski definition) is 3. The highest BCUT2D eigenvalue weighted by molar-refractivity contribution is 7.71. The summed E-state index contributed by atoms with van der Waals surface area (Å²) in [5, 5.41) is 7.81. The van der Waals surface area contributed by atoms with Crippen LogP contribution in [-0.2, 0) is 6.54 Å². The molecule has 0 amide bonds. The van der Waals surface area contributed by atoms with E-state index in [9.17, 15) is 0 Å². The minimum atomic E-state index is 0.573.